The molecule has 7 heteroatoms. The molecular weight excluding hydrogens is 408 g/mol. The van der Waals surface area contributed by atoms with Gasteiger partial charge in [-0.1, -0.05) is 48.9 Å². The van der Waals surface area contributed by atoms with E-state index in [1.165, 1.54) is 0 Å². The molecule has 0 radical (unpaired) electrons. The van der Waals surface area contributed by atoms with Gasteiger partial charge in [-0.15, -0.1) is 0 Å². The van der Waals surface area contributed by atoms with Gasteiger partial charge in [-0.3, -0.25) is 0 Å². The summed E-state index contributed by atoms with van der Waals surface area (Å²) in [6.07, 6.45) is 0.171. The maximum atomic E-state index is 13.0. The molecule has 1 heterocycles. The molecule has 0 aliphatic carbocycles. The molecule has 0 spiro atoms. The molecule has 0 fully saturated rings. The molecule has 7 nitrogen and oxygen atoms in total. The predicted octanol–water partition coefficient (Wildman–Crippen LogP) is 4.55. The Kier molecular flexibility index (Phi) is 7.41. The smallest absolute Gasteiger partial charge is 0.338 e. The summed E-state index contributed by atoms with van der Waals surface area (Å²) in [5.74, 6) is 0.494. The maximum Gasteiger partial charge on any atom is 0.338 e. The van der Waals surface area contributed by atoms with Crippen molar-refractivity contribution >= 4 is 12.0 Å². The monoisotopic (exact) mass is 438 g/mol. The van der Waals surface area contributed by atoms with Crippen LogP contribution in [0.25, 0.3) is 0 Å². The number of para-hydroxylation sites is 1. The van der Waals surface area contributed by atoms with Crippen LogP contribution in [0.3, 0.4) is 0 Å². The van der Waals surface area contributed by atoms with Crippen LogP contribution in [0.1, 0.15) is 49.9 Å². The lowest BCUT2D eigenvalue weighted by Crippen LogP contribution is -2.46. The molecule has 2 aromatic rings. The van der Waals surface area contributed by atoms with Crippen LogP contribution in [-0.4, -0.2) is 25.2 Å². The van der Waals surface area contributed by atoms with Gasteiger partial charge in [0, 0.05) is 11.3 Å². The fraction of sp³-hybridized carbons (Fsp3) is 0.360. The van der Waals surface area contributed by atoms with Crippen molar-refractivity contribution in [2.45, 2.75) is 52.9 Å². The molecule has 0 bridgehead atoms. The van der Waals surface area contributed by atoms with Gasteiger partial charge in [0.25, 0.3) is 0 Å². The fourth-order valence-corrected chi connectivity index (χ4v) is 3.68. The molecule has 1 unspecified atom stereocenters. The highest BCUT2D eigenvalue weighted by molar-refractivity contribution is 5.95. The molecule has 0 saturated heterocycles. The first-order chi connectivity index (χ1) is 15.3. The molecule has 0 saturated carbocycles. The van der Waals surface area contributed by atoms with Gasteiger partial charge in [0.15, 0.2) is 11.5 Å². The summed E-state index contributed by atoms with van der Waals surface area (Å²) < 4.78 is 17.2. The van der Waals surface area contributed by atoms with Crippen molar-refractivity contribution in [2.24, 2.45) is 0 Å². The lowest BCUT2D eigenvalue weighted by molar-refractivity contribution is -0.143. The van der Waals surface area contributed by atoms with Crippen LogP contribution in [0.15, 0.2) is 53.7 Å². The van der Waals surface area contributed by atoms with E-state index in [1.54, 1.807) is 33.1 Å². The number of hydrogen-bond donors (Lipinski definition) is 2. The van der Waals surface area contributed by atoms with Crippen LogP contribution in [-0.2, 0) is 16.1 Å². The number of benzene rings is 2. The van der Waals surface area contributed by atoms with Gasteiger partial charge < -0.3 is 24.8 Å². The number of hydrogen-bond acceptors (Lipinski definition) is 5. The number of allylic oxidation sites excluding steroid dienone is 1. The third-order valence-electron chi connectivity index (χ3n) is 5.08. The third kappa shape index (κ3) is 5.22. The van der Waals surface area contributed by atoms with Gasteiger partial charge in [-0.25, -0.2) is 9.59 Å². The van der Waals surface area contributed by atoms with Crippen LogP contribution in [0.4, 0.5) is 4.79 Å². The number of carbonyl (C=O) groups is 2. The molecule has 2 N–H and O–H groups in total. The van der Waals surface area contributed by atoms with Crippen LogP contribution in [0.2, 0.25) is 0 Å². The number of nitrogens with one attached hydrogen (secondary N) is 2. The Morgan fingerprint density at radius 3 is 2.56 bits per heavy atom. The first kappa shape index (κ1) is 23.2. The van der Waals surface area contributed by atoms with E-state index in [4.69, 9.17) is 14.2 Å². The Bertz CT molecular complexity index is 1030. The summed E-state index contributed by atoms with van der Waals surface area (Å²) in [5.41, 5.74) is 3.63. The van der Waals surface area contributed by atoms with Crippen LogP contribution in [0, 0.1) is 6.92 Å². The summed E-state index contributed by atoms with van der Waals surface area (Å²) in [7, 11) is 1.56. The average molecular weight is 439 g/mol. The highest BCUT2D eigenvalue weighted by Gasteiger charge is 2.35. The normalized spacial score (nSPS) is 15.8. The van der Waals surface area contributed by atoms with Gasteiger partial charge in [-0.05, 0) is 38.8 Å². The van der Waals surface area contributed by atoms with Crippen molar-refractivity contribution < 1.29 is 23.8 Å². The van der Waals surface area contributed by atoms with E-state index < -0.39 is 12.0 Å². The fourth-order valence-electron chi connectivity index (χ4n) is 3.68. The van der Waals surface area contributed by atoms with Crippen molar-refractivity contribution in [3.8, 4) is 11.5 Å². The molecule has 0 aromatic heterocycles. The summed E-state index contributed by atoms with van der Waals surface area (Å²) >= 11 is 0. The van der Waals surface area contributed by atoms with E-state index in [2.05, 4.69) is 10.6 Å². The highest BCUT2D eigenvalue weighted by atomic mass is 16.5. The van der Waals surface area contributed by atoms with E-state index in [-0.39, 0.29) is 12.1 Å². The second-order valence-corrected chi connectivity index (χ2v) is 7.89. The van der Waals surface area contributed by atoms with Crippen molar-refractivity contribution in [3.63, 3.8) is 0 Å². The van der Waals surface area contributed by atoms with E-state index in [9.17, 15) is 9.59 Å². The molecule has 170 valence electrons. The number of amides is 2. The number of aryl methyl sites for hydroxylation is 1. The molecule has 1 aliphatic heterocycles. The molecular formula is C25H30N2O5. The lowest BCUT2D eigenvalue weighted by atomic mass is 9.93. The Balaban J connectivity index is 2.05. The van der Waals surface area contributed by atoms with E-state index >= 15 is 0 Å². The third-order valence-corrected chi connectivity index (χ3v) is 5.08. The number of rotatable bonds is 8. The Labute approximate surface area is 188 Å². The van der Waals surface area contributed by atoms with Crippen molar-refractivity contribution in [1.29, 1.82) is 0 Å². The largest absolute Gasteiger partial charge is 0.493 e. The second-order valence-electron chi connectivity index (χ2n) is 7.89. The lowest BCUT2D eigenvalue weighted by Gasteiger charge is -2.31. The van der Waals surface area contributed by atoms with Crippen molar-refractivity contribution in [2.75, 3.05) is 7.11 Å². The van der Waals surface area contributed by atoms with E-state index in [0.717, 1.165) is 11.1 Å². The van der Waals surface area contributed by atoms with Crippen molar-refractivity contribution in [3.05, 3.63) is 70.4 Å². The Hall–Kier alpha value is -3.48. The van der Waals surface area contributed by atoms with Crippen LogP contribution < -0.4 is 20.1 Å². The summed E-state index contributed by atoms with van der Waals surface area (Å²) in [6.45, 7) is 7.78. The molecule has 3 rings (SSSR count). The summed E-state index contributed by atoms with van der Waals surface area (Å²) in [4.78, 5) is 25.4. The van der Waals surface area contributed by atoms with Crippen LogP contribution >= 0.6 is 0 Å². The predicted molar refractivity (Wildman–Crippen MR) is 121 cm³/mol. The average Bonchev–Trinajstić information content (AvgIpc) is 2.76. The standard InChI is InChI=1S/C25H30N2O5/c1-6-19-21(24(28)32-15(2)3)22(27-25(29)26-19)18-11-8-12-20(30-5)23(18)31-14-17-10-7-9-16(4)13-17/h7-13,15,22H,6,14H2,1-5H3,(H2,26,27,29). The minimum Gasteiger partial charge on any atom is -0.493 e. The van der Waals surface area contributed by atoms with Gasteiger partial charge in [0.05, 0.1) is 24.8 Å². The minimum absolute atomic E-state index is 0.297. The molecule has 1 atom stereocenters. The SMILES string of the molecule is CCC1=C(C(=O)OC(C)C)C(c2cccc(OC)c2OCc2cccc(C)c2)NC(=O)N1. The maximum absolute atomic E-state index is 13.0. The minimum atomic E-state index is -0.743. The number of carbonyl (C=O) groups excluding carboxylic acids is 2. The van der Waals surface area contributed by atoms with Crippen LogP contribution in [0.5, 0.6) is 11.5 Å². The summed E-state index contributed by atoms with van der Waals surface area (Å²) in [5, 5.41) is 5.59. The first-order valence-corrected chi connectivity index (χ1v) is 10.7. The van der Waals surface area contributed by atoms with Crippen molar-refractivity contribution in [1.82, 2.24) is 10.6 Å². The number of urea groups is 1. The Morgan fingerprint density at radius 1 is 1.16 bits per heavy atom. The molecule has 1 aliphatic rings. The van der Waals surface area contributed by atoms with Gasteiger partial charge in [0.1, 0.15) is 6.61 Å². The van der Waals surface area contributed by atoms with Gasteiger partial charge >= 0.3 is 12.0 Å². The van der Waals surface area contributed by atoms with E-state index in [1.807, 2.05) is 44.2 Å². The van der Waals surface area contributed by atoms with E-state index in [0.29, 0.717) is 41.4 Å². The molecule has 32 heavy (non-hydrogen) atoms. The Morgan fingerprint density at radius 2 is 1.91 bits per heavy atom. The number of esters is 1. The number of methoxy groups -OCH3 is 1. The topological polar surface area (TPSA) is 85.9 Å². The van der Waals surface area contributed by atoms with Gasteiger partial charge in [0.2, 0.25) is 0 Å². The quantitative estimate of drug-likeness (QED) is 0.591. The zero-order valence-corrected chi connectivity index (χ0v) is 19.2. The molecule has 2 aromatic carbocycles. The first-order valence-electron chi connectivity index (χ1n) is 10.7. The second kappa shape index (κ2) is 10.2. The zero-order valence-electron chi connectivity index (χ0n) is 19.2. The summed E-state index contributed by atoms with van der Waals surface area (Å²) in [6, 6.07) is 12.3. The van der Waals surface area contributed by atoms with Gasteiger partial charge in [-0.2, -0.15) is 0 Å². The number of ether oxygens (including phenoxy) is 3. The highest BCUT2D eigenvalue weighted by Crippen LogP contribution is 2.40. The molecule has 2 amide bonds. The zero-order chi connectivity index (χ0) is 23.3.